The van der Waals surface area contributed by atoms with Gasteiger partial charge in [0, 0.05) is 11.6 Å². The number of carbonyl (C=O) groups is 1. The zero-order valence-corrected chi connectivity index (χ0v) is 8.75. The maximum absolute atomic E-state index is 10.7. The summed E-state index contributed by atoms with van der Waals surface area (Å²) in [6.45, 7) is 2.05. The van der Waals surface area contributed by atoms with Crippen LogP contribution in [-0.2, 0) is 0 Å². The van der Waals surface area contributed by atoms with Gasteiger partial charge in [-0.15, -0.1) is 0 Å². The molecule has 0 aliphatic carbocycles. The minimum absolute atomic E-state index is 0.104. The number of benzene rings is 1. The quantitative estimate of drug-likeness (QED) is 0.331. The van der Waals surface area contributed by atoms with Gasteiger partial charge in [-0.25, -0.2) is 0 Å². The minimum atomic E-state index is -0.542. The number of carbonyl (C=O) groups excluding carboxylic acids is 1. The molecule has 1 rings (SSSR count). The first-order valence-corrected chi connectivity index (χ1v) is 4.66. The lowest BCUT2D eigenvalue weighted by atomic mass is 10.2. The normalized spacial score (nSPS) is 10.3. The minimum Gasteiger partial charge on any atom is -0.483 e. The van der Waals surface area contributed by atoms with Crippen LogP contribution in [0.1, 0.15) is 17.3 Å². The molecule has 0 N–H and O–H groups in total. The van der Waals surface area contributed by atoms with Crippen molar-refractivity contribution in [2.75, 3.05) is 6.61 Å². The Morgan fingerprint density at radius 2 is 2.25 bits per heavy atom. The number of allylic oxidation sites excluding steroid dienone is 1. The number of ether oxygens (including phenoxy) is 1. The maximum Gasteiger partial charge on any atom is 0.310 e. The number of aldehydes is 1. The van der Waals surface area contributed by atoms with Crippen LogP contribution in [0.5, 0.6) is 5.75 Å². The fourth-order valence-corrected chi connectivity index (χ4v) is 1.10. The smallest absolute Gasteiger partial charge is 0.310 e. The SMILES string of the molecule is CC=CCOc1cc(C=O)ccc1[N+](=O)[O-]. The molecule has 0 aromatic heterocycles. The zero-order valence-electron chi connectivity index (χ0n) is 8.75. The molecule has 84 valence electrons. The molecular weight excluding hydrogens is 210 g/mol. The van der Waals surface area contributed by atoms with E-state index in [2.05, 4.69) is 0 Å². The van der Waals surface area contributed by atoms with Gasteiger partial charge >= 0.3 is 5.69 Å². The van der Waals surface area contributed by atoms with Crippen LogP contribution < -0.4 is 4.74 Å². The molecule has 0 saturated heterocycles. The summed E-state index contributed by atoms with van der Waals surface area (Å²) in [7, 11) is 0. The first-order valence-electron chi connectivity index (χ1n) is 4.66. The molecule has 1 aromatic carbocycles. The number of rotatable bonds is 5. The van der Waals surface area contributed by atoms with Crippen molar-refractivity contribution in [3.63, 3.8) is 0 Å². The average molecular weight is 221 g/mol. The number of nitrogens with zero attached hydrogens (tertiary/aromatic N) is 1. The van der Waals surface area contributed by atoms with Gasteiger partial charge in [-0.2, -0.15) is 0 Å². The Hall–Kier alpha value is -2.17. The molecule has 0 aliphatic rings. The largest absolute Gasteiger partial charge is 0.483 e. The van der Waals surface area contributed by atoms with Gasteiger partial charge in [-0.3, -0.25) is 14.9 Å². The fraction of sp³-hybridized carbons (Fsp3) is 0.182. The van der Waals surface area contributed by atoms with Crippen molar-refractivity contribution in [3.05, 3.63) is 46.0 Å². The Morgan fingerprint density at radius 1 is 1.50 bits per heavy atom. The van der Waals surface area contributed by atoms with E-state index < -0.39 is 4.92 Å². The van der Waals surface area contributed by atoms with Crippen molar-refractivity contribution < 1.29 is 14.5 Å². The molecule has 0 unspecified atom stereocenters. The lowest BCUT2D eigenvalue weighted by Crippen LogP contribution is -1.99. The van der Waals surface area contributed by atoms with E-state index in [-0.39, 0.29) is 18.0 Å². The highest BCUT2D eigenvalue weighted by Gasteiger charge is 2.14. The van der Waals surface area contributed by atoms with Gasteiger partial charge in [0.1, 0.15) is 12.9 Å². The van der Waals surface area contributed by atoms with Gasteiger partial charge in [0.05, 0.1) is 4.92 Å². The third-order valence-corrected chi connectivity index (χ3v) is 1.89. The molecule has 0 bridgehead atoms. The summed E-state index contributed by atoms with van der Waals surface area (Å²) in [4.78, 5) is 20.7. The van der Waals surface area contributed by atoms with E-state index in [0.29, 0.717) is 11.8 Å². The Balaban J connectivity index is 3.00. The second kappa shape index (κ2) is 5.65. The molecule has 0 amide bonds. The standard InChI is InChI=1S/C11H11NO4/c1-2-3-6-16-11-7-9(8-13)4-5-10(11)12(14)15/h2-5,7-8H,6H2,1H3. The van der Waals surface area contributed by atoms with E-state index in [1.807, 2.05) is 6.92 Å². The highest BCUT2D eigenvalue weighted by molar-refractivity contribution is 5.76. The van der Waals surface area contributed by atoms with Gasteiger partial charge in [0.25, 0.3) is 0 Å². The van der Waals surface area contributed by atoms with Crippen molar-refractivity contribution >= 4 is 12.0 Å². The van der Waals surface area contributed by atoms with Crippen molar-refractivity contribution in [3.8, 4) is 5.75 Å². The van der Waals surface area contributed by atoms with Crippen LogP contribution in [0.4, 0.5) is 5.69 Å². The summed E-state index contributed by atoms with van der Waals surface area (Å²) in [6.07, 6.45) is 4.11. The third kappa shape index (κ3) is 2.91. The Bertz CT molecular complexity index is 426. The topological polar surface area (TPSA) is 69.4 Å². The molecule has 0 radical (unpaired) electrons. The number of hydrogen-bond donors (Lipinski definition) is 0. The van der Waals surface area contributed by atoms with Gasteiger partial charge in [-0.1, -0.05) is 12.2 Å². The van der Waals surface area contributed by atoms with Gasteiger partial charge in [0.15, 0.2) is 5.75 Å². The molecule has 5 heteroatoms. The van der Waals surface area contributed by atoms with Crippen molar-refractivity contribution in [1.29, 1.82) is 0 Å². The van der Waals surface area contributed by atoms with Crippen LogP contribution in [0.25, 0.3) is 0 Å². The Kier molecular flexibility index (Phi) is 4.20. The molecule has 0 atom stereocenters. The lowest BCUT2D eigenvalue weighted by Gasteiger charge is -2.04. The molecule has 1 aromatic rings. The number of nitro groups is 1. The molecule has 0 fully saturated rings. The van der Waals surface area contributed by atoms with Gasteiger partial charge < -0.3 is 4.74 Å². The molecular formula is C11H11NO4. The van der Waals surface area contributed by atoms with Crippen LogP contribution in [0.2, 0.25) is 0 Å². The highest BCUT2D eigenvalue weighted by Crippen LogP contribution is 2.27. The summed E-state index contributed by atoms with van der Waals surface area (Å²) in [5.41, 5.74) is 0.205. The van der Waals surface area contributed by atoms with Crippen molar-refractivity contribution in [2.24, 2.45) is 0 Å². The highest BCUT2D eigenvalue weighted by atomic mass is 16.6. The first-order chi connectivity index (χ1) is 7.69. The maximum atomic E-state index is 10.7. The molecule has 0 spiro atoms. The van der Waals surface area contributed by atoms with Gasteiger partial charge in [0.2, 0.25) is 0 Å². The number of hydrogen-bond acceptors (Lipinski definition) is 4. The molecule has 5 nitrogen and oxygen atoms in total. The van der Waals surface area contributed by atoms with E-state index in [1.54, 1.807) is 12.2 Å². The van der Waals surface area contributed by atoms with E-state index in [4.69, 9.17) is 4.74 Å². The fourth-order valence-electron chi connectivity index (χ4n) is 1.10. The number of nitro benzene ring substituents is 1. The summed E-state index contributed by atoms with van der Waals surface area (Å²) < 4.78 is 5.19. The van der Waals surface area contributed by atoms with Crippen molar-refractivity contribution in [1.82, 2.24) is 0 Å². The van der Waals surface area contributed by atoms with Crippen LogP contribution in [-0.4, -0.2) is 17.8 Å². The Morgan fingerprint density at radius 3 is 2.81 bits per heavy atom. The lowest BCUT2D eigenvalue weighted by molar-refractivity contribution is -0.385. The zero-order chi connectivity index (χ0) is 12.0. The van der Waals surface area contributed by atoms with Crippen LogP contribution in [0.3, 0.4) is 0 Å². The predicted octanol–water partition coefficient (Wildman–Crippen LogP) is 2.36. The van der Waals surface area contributed by atoms with Crippen molar-refractivity contribution in [2.45, 2.75) is 6.92 Å². The second-order valence-corrected chi connectivity index (χ2v) is 2.98. The summed E-state index contributed by atoms with van der Waals surface area (Å²) in [5, 5.41) is 10.7. The second-order valence-electron chi connectivity index (χ2n) is 2.98. The average Bonchev–Trinajstić information content (AvgIpc) is 2.29. The van der Waals surface area contributed by atoms with Crippen LogP contribution in [0, 0.1) is 10.1 Å². The van der Waals surface area contributed by atoms with Crippen LogP contribution in [0.15, 0.2) is 30.4 Å². The summed E-state index contributed by atoms with van der Waals surface area (Å²) >= 11 is 0. The molecule has 0 heterocycles. The van der Waals surface area contributed by atoms with E-state index >= 15 is 0 Å². The molecule has 16 heavy (non-hydrogen) atoms. The molecule has 0 aliphatic heterocycles. The first kappa shape index (κ1) is 11.9. The molecule has 0 saturated carbocycles. The summed E-state index contributed by atoms with van der Waals surface area (Å²) in [5.74, 6) is 0.104. The Labute approximate surface area is 92.5 Å². The van der Waals surface area contributed by atoms with E-state index in [1.165, 1.54) is 18.2 Å². The van der Waals surface area contributed by atoms with E-state index in [0.717, 1.165) is 0 Å². The van der Waals surface area contributed by atoms with Crippen LogP contribution >= 0.6 is 0 Å². The third-order valence-electron chi connectivity index (χ3n) is 1.89. The monoisotopic (exact) mass is 221 g/mol. The van der Waals surface area contributed by atoms with Gasteiger partial charge in [-0.05, 0) is 19.1 Å². The van der Waals surface area contributed by atoms with E-state index in [9.17, 15) is 14.9 Å². The summed E-state index contributed by atoms with van der Waals surface area (Å²) in [6, 6.07) is 4.00. The predicted molar refractivity (Wildman–Crippen MR) is 58.8 cm³/mol.